The monoisotopic (exact) mass is 191 g/mol. The molecular weight excluding hydrogens is 170 g/mol. The van der Waals surface area contributed by atoms with E-state index in [2.05, 4.69) is 13.8 Å². The molecule has 0 aromatic carbocycles. The second-order valence-corrected chi connectivity index (χ2v) is 4.76. The highest BCUT2D eigenvalue weighted by molar-refractivity contribution is 7.99. The molecule has 0 spiro atoms. The summed E-state index contributed by atoms with van der Waals surface area (Å²) in [4.78, 5) is 0. The minimum absolute atomic E-state index is 0.348. The van der Waals surface area contributed by atoms with Crippen LogP contribution in [0.3, 0.4) is 0 Å². The minimum Gasteiger partial charge on any atom is -0.388 e. The van der Waals surface area contributed by atoms with Gasteiger partial charge < -0.3 is 10.8 Å². The number of hydrogen-bond donors (Lipinski definition) is 2. The molecular formula is C9H21NOS. The van der Waals surface area contributed by atoms with Crippen LogP contribution in [-0.4, -0.2) is 28.8 Å². The zero-order valence-corrected chi connectivity index (χ0v) is 9.16. The first-order valence-electron chi connectivity index (χ1n) is 4.52. The predicted octanol–water partition coefficient (Wildman–Crippen LogP) is 1.48. The van der Waals surface area contributed by atoms with Crippen LogP contribution < -0.4 is 5.73 Å². The summed E-state index contributed by atoms with van der Waals surface area (Å²) in [6, 6.07) is 0. The van der Waals surface area contributed by atoms with Crippen LogP contribution in [0.2, 0.25) is 0 Å². The van der Waals surface area contributed by atoms with E-state index in [0.717, 1.165) is 17.4 Å². The standard InChI is InChI=1S/C9H21NOS/c1-4-8(2)5-12-7-9(3,11)6-10/h8,11H,4-7,10H2,1-3H3. The molecule has 0 aromatic heterocycles. The zero-order chi connectivity index (χ0) is 9.61. The molecule has 2 unspecified atom stereocenters. The van der Waals surface area contributed by atoms with Crippen molar-refractivity contribution in [3.63, 3.8) is 0 Å². The molecule has 0 bridgehead atoms. The van der Waals surface area contributed by atoms with E-state index < -0.39 is 5.60 Å². The zero-order valence-electron chi connectivity index (χ0n) is 8.34. The summed E-state index contributed by atoms with van der Waals surface area (Å²) in [5.41, 5.74) is 4.71. The molecule has 0 aromatic rings. The largest absolute Gasteiger partial charge is 0.388 e. The second-order valence-electron chi connectivity index (χ2n) is 3.73. The summed E-state index contributed by atoms with van der Waals surface area (Å²) in [5, 5.41) is 9.56. The Morgan fingerprint density at radius 2 is 2.17 bits per heavy atom. The van der Waals surface area contributed by atoms with Crippen molar-refractivity contribution in [3.05, 3.63) is 0 Å². The molecule has 0 aliphatic carbocycles. The Morgan fingerprint density at radius 3 is 2.58 bits per heavy atom. The predicted molar refractivity (Wildman–Crippen MR) is 56.5 cm³/mol. The fraction of sp³-hybridized carbons (Fsp3) is 1.00. The van der Waals surface area contributed by atoms with E-state index in [0.29, 0.717) is 6.54 Å². The number of rotatable bonds is 6. The van der Waals surface area contributed by atoms with Crippen molar-refractivity contribution in [2.75, 3.05) is 18.1 Å². The van der Waals surface area contributed by atoms with Gasteiger partial charge in [0.25, 0.3) is 0 Å². The summed E-state index contributed by atoms with van der Waals surface area (Å²) < 4.78 is 0. The molecule has 3 N–H and O–H groups in total. The summed E-state index contributed by atoms with van der Waals surface area (Å²) in [6.07, 6.45) is 1.21. The lowest BCUT2D eigenvalue weighted by molar-refractivity contribution is 0.0949. The third-order valence-electron chi connectivity index (χ3n) is 1.95. The van der Waals surface area contributed by atoms with Gasteiger partial charge in [-0.15, -0.1) is 0 Å². The summed E-state index contributed by atoms with van der Waals surface area (Å²) in [6.45, 7) is 6.55. The average Bonchev–Trinajstić information content (AvgIpc) is 2.04. The fourth-order valence-electron chi connectivity index (χ4n) is 0.657. The lowest BCUT2D eigenvalue weighted by Crippen LogP contribution is -2.36. The highest BCUT2D eigenvalue weighted by atomic mass is 32.2. The minimum atomic E-state index is -0.682. The number of thioether (sulfide) groups is 1. The van der Waals surface area contributed by atoms with Crippen molar-refractivity contribution in [3.8, 4) is 0 Å². The van der Waals surface area contributed by atoms with Crippen LogP contribution in [0.1, 0.15) is 27.2 Å². The SMILES string of the molecule is CCC(C)CSCC(C)(O)CN. The van der Waals surface area contributed by atoms with Gasteiger partial charge in [0.15, 0.2) is 0 Å². The Labute approximate surface area is 79.9 Å². The van der Waals surface area contributed by atoms with Gasteiger partial charge in [-0.2, -0.15) is 11.8 Å². The molecule has 0 amide bonds. The van der Waals surface area contributed by atoms with Crippen molar-refractivity contribution in [1.29, 1.82) is 0 Å². The maximum atomic E-state index is 9.56. The molecule has 12 heavy (non-hydrogen) atoms. The van der Waals surface area contributed by atoms with Crippen LogP contribution >= 0.6 is 11.8 Å². The van der Waals surface area contributed by atoms with Crippen molar-refractivity contribution >= 4 is 11.8 Å². The van der Waals surface area contributed by atoms with E-state index in [-0.39, 0.29) is 0 Å². The van der Waals surface area contributed by atoms with Gasteiger partial charge in [0.2, 0.25) is 0 Å². The van der Waals surface area contributed by atoms with Crippen LogP contribution in [0, 0.1) is 5.92 Å². The van der Waals surface area contributed by atoms with Crippen LogP contribution in [0.15, 0.2) is 0 Å². The first-order chi connectivity index (χ1) is 5.52. The Hall–Kier alpha value is 0.270. The van der Waals surface area contributed by atoms with Crippen LogP contribution in [0.5, 0.6) is 0 Å². The van der Waals surface area contributed by atoms with E-state index in [9.17, 15) is 5.11 Å². The Bertz CT molecular complexity index is 117. The molecule has 2 nitrogen and oxygen atoms in total. The van der Waals surface area contributed by atoms with Gasteiger partial charge in [-0.3, -0.25) is 0 Å². The summed E-state index contributed by atoms with van der Waals surface area (Å²) in [7, 11) is 0. The van der Waals surface area contributed by atoms with Gasteiger partial charge in [-0.1, -0.05) is 20.3 Å². The van der Waals surface area contributed by atoms with Crippen LogP contribution in [0.4, 0.5) is 0 Å². The first-order valence-corrected chi connectivity index (χ1v) is 5.67. The molecule has 2 atom stereocenters. The highest BCUT2D eigenvalue weighted by Gasteiger charge is 2.17. The van der Waals surface area contributed by atoms with E-state index >= 15 is 0 Å². The van der Waals surface area contributed by atoms with Gasteiger partial charge >= 0.3 is 0 Å². The molecule has 0 aliphatic rings. The molecule has 0 fully saturated rings. The van der Waals surface area contributed by atoms with E-state index in [1.54, 1.807) is 18.7 Å². The van der Waals surface area contributed by atoms with Gasteiger partial charge in [0, 0.05) is 12.3 Å². The Kier molecular flexibility index (Phi) is 5.97. The molecule has 3 heteroatoms. The smallest absolute Gasteiger partial charge is 0.0831 e. The lowest BCUT2D eigenvalue weighted by atomic mass is 10.1. The topological polar surface area (TPSA) is 46.2 Å². The summed E-state index contributed by atoms with van der Waals surface area (Å²) >= 11 is 1.79. The first kappa shape index (κ1) is 12.3. The normalized spacial score (nSPS) is 18.8. The second kappa shape index (κ2) is 5.84. The van der Waals surface area contributed by atoms with Crippen molar-refractivity contribution in [2.45, 2.75) is 32.8 Å². The fourth-order valence-corrected chi connectivity index (χ4v) is 1.97. The molecule has 0 radical (unpaired) electrons. The molecule has 74 valence electrons. The van der Waals surface area contributed by atoms with E-state index in [1.165, 1.54) is 6.42 Å². The van der Waals surface area contributed by atoms with Crippen molar-refractivity contribution in [2.24, 2.45) is 11.7 Å². The average molecular weight is 191 g/mol. The van der Waals surface area contributed by atoms with E-state index in [4.69, 9.17) is 5.73 Å². The third-order valence-corrected chi connectivity index (χ3v) is 3.58. The van der Waals surface area contributed by atoms with E-state index in [1.807, 2.05) is 0 Å². The maximum absolute atomic E-state index is 9.56. The van der Waals surface area contributed by atoms with Gasteiger partial charge in [-0.25, -0.2) is 0 Å². The van der Waals surface area contributed by atoms with Crippen molar-refractivity contribution in [1.82, 2.24) is 0 Å². The number of hydrogen-bond acceptors (Lipinski definition) is 3. The molecule has 0 saturated heterocycles. The Balaban J connectivity index is 3.42. The van der Waals surface area contributed by atoms with Crippen LogP contribution in [-0.2, 0) is 0 Å². The maximum Gasteiger partial charge on any atom is 0.0831 e. The van der Waals surface area contributed by atoms with Crippen LogP contribution in [0.25, 0.3) is 0 Å². The summed E-state index contributed by atoms with van der Waals surface area (Å²) in [5.74, 6) is 2.60. The number of nitrogens with two attached hydrogens (primary N) is 1. The van der Waals surface area contributed by atoms with Gasteiger partial charge in [0.05, 0.1) is 5.60 Å². The molecule has 0 heterocycles. The lowest BCUT2D eigenvalue weighted by Gasteiger charge is -2.21. The quantitative estimate of drug-likeness (QED) is 0.668. The molecule has 0 saturated carbocycles. The van der Waals surface area contributed by atoms with Crippen molar-refractivity contribution < 1.29 is 5.11 Å². The molecule has 0 aliphatic heterocycles. The highest BCUT2D eigenvalue weighted by Crippen LogP contribution is 2.16. The van der Waals surface area contributed by atoms with Gasteiger partial charge in [-0.05, 0) is 18.6 Å². The number of aliphatic hydroxyl groups is 1. The Morgan fingerprint density at radius 1 is 1.58 bits per heavy atom. The molecule has 0 rings (SSSR count). The third kappa shape index (κ3) is 5.86. The van der Waals surface area contributed by atoms with Gasteiger partial charge in [0.1, 0.15) is 0 Å².